The van der Waals surface area contributed by atoms with Crippen LogP contribution in [-0.4, -0.2) is 44.5 Å². The van der Waals surface area contributed by atoms with E-state index in [4.69, 9.17) is 10.8 Å². The molecule has 0 radical (unpaired) electrons. The number of nitro benzene ring substituents is 2. The molecule has 0 saturated carbocycles. The Bertz CT molecular complexity index is 421. The zero-order chi connectivity index (χ0) is 10.9. The molecule has 0 aliphatic rings. The van der Waals surface area contributed by atoms with Crippen molar-refractivity contribution in [3.8, 4) is 5.75 Å². The first kappa shape index (κ1) is 13.6. The fraction of sp³-hybridized carbons (Fsp3) is 0. The van der Waals surface area contributed by atoms with E-state index >= 15 is 0 Å². The van der Waals surface area contributed by atoms with Crippen molar-refractivity contribution in [3.63, 3.8) is 0 Å². The van der Waals surface area contributed by atoms with Crippen LogP contribution in [0.5, 0.6) is 5.75 Å². The van der Waals surface area contributed by atoms with E-state index in [1.54, 1.807) is 0 Å². The zero-order valence-corrected chi connectivity index (χ0v) is 6.71. The van der Waals surface area contributed by atoms with Gasteiger partial charge in [0.1, 0.15) is 0 Å². The average molecular weight is 223 g/mol. The number of aromatic hydroxyl groups is 1. The van der Waals surface area contributed by atoms with E-state index in [0.717, 1.165) is 6.07 Å². The molecule has 15 heavy (non-hydrogen) atoms. The van der Waals surface area contributed by atoms with E-state index in [1.807, 2.05) is 0 Å². The third kappa shape index (κ3) is 2.78. The first-order chi connectivity index (χ1) is 6.43. The number of nitrogens with two attached hydrogens (primary N) is 1. The SMILES string of the molecule is Nc1cc([N+](=O)[O-])cc([N+](=O)[O-])c1O.[NaH]. The van der Waals surface area contributed by atoms with Gasteiger partial charge in [-0.2, -0.15) is 0 Å². The van der Waals surface area contributed by atoms with Crippen molar-refractivity contribution in [3.05, 3.63) is 32.4 Å². The summed E-state index contributed by atoms with van der Waals surface area (Å²) < 4.78 is 0. The fourth-order valence-electron chi connectivity index (χ4n) is 0.870. The van der Waals surface area contributed by atoms with Crippen LogP contribution in [0.2, 0.25) is 0 Å². The van der Waals surface area contributed by atoms with Crippen LogP contribution < -0.4 is 5.73 Å². The Hall–Kier alpha value is -1.38. The number of rotatable bonds is 2. The summed E-state index contributed by atoms with van der Waals surface area (Å²) in [6.07, 6.45) is 0. The van der Waals surface area contributed by atoms with Crippen LogP contribution in [0.25, 0.3) is 0 Å². The van der Waals surface area contributed by atoms with Crippen molar-refractivity contribution in [2.24, 2.45) is 0 Å². The average Bonchev–Trinajstić information content (AvgIpc) is 2.08. The first-order valence-electron chi connectivity index (χ1n) is 3.34. The summed E-state index contributed by atoms with van der Waals surface area (Å²) in [6, 6.07) is 1.49. The van der Waals surface area contributed by atoms with E-state index < -0.39 is 32.7 Å². The van der Waals surface area contributed by atoms with Gasteiger partial charge in [0.25, 0.3) is 5.69 Å². The van der Waals surface area contributed by atoms with Gasteiger partial charge in [-0.1, -0.05) is 0 Å². The molecule has 1 rings (SSSR count). The van der Waals surface area contributed by atoms with Crippen LogP contribution in [0.3, 0.4) is 0 Å². The molecule has 0 heterocycles. The van der Waals surface area contributed by atoms with Crippen LogP contribution in [0.4, 0.5) is 17.1 Å². The van der Waals surface area contributed by atoms with Gasteiger partial charge in [0.05, 0.1) is 21.6 Å². The zero-order valence-electron chi connectivity index (χ0n) is 6.71. The standard InChI is InChI=1S/C6H5N3O5.Na.H/c7-4-1-3(8(11)12)2-5(6(4)10)9(13)14;;/h1-2,10H,7H2;;. The van der Waals surface area contributed by atoms with Crippen molar-refractivity contribution in [2.45, 2.75) is 0 Å². The van der Waals surface area contributed by atoms with Crippen LogP contribution >= 0.6 is 0 Å². The molecule has 1 aromatic carbocycles. The summed E-state index contributed by atoms with van der Waals surface area (Å²) in [4.78, 5) is 18.8. The minimum atomic E-state index is -0.946. The van der Waals surface area contributed by atoms with Gasteiger partial charge in [-0.05, 0) is 0 Å². The maximum absolute atomic E-state index is 10.3. The van der Waals surface area contributed by atoms with Crippen molar-refractivity contribution < 1.29 is 15.0 Å². The number of nitro groups is 2. The molecule has 3 N–H and O–H groups in total. The third-order valence-corrected chi connectivity index (χ3v) is 1.51. The van der Waals surface area contributed by atoms with Crippen molar-refractivity contribution >= 4 is 46.6 Å². The molecule has 0 atom stereocenters. The minimum absolute atomic E-state index is 0. The Labute approximate surface area is 105 Å². The van der Waals surface area contributed by atoms with Crippen LogP contribution in [0.15, 0.2) is 12.1 Å². The molecule has 0 saturated heterocycles. The second-order valence-corrected chi connectivity index (χ2v) is 2.42. The summed E-state index contributed by atoms with van der Waals surface area (Å²) >= 11 is 0. The van der Waals surface area contributed by atoms with E-state index in [1.165, 1.54) is 0 Å². The quantitative estimate of drug-likeness (QED) is 0.241. The van der Waals surface area contributed by atoms with E-state index in [0.29, 0.717) is 6.07 Å². The first-order valence-corrected chi connectivity index (χ1v) is 3.34. The van der Waals surface area contributed by atoms with Crippen LogP contribution in [-0.2, 0) is 0 Å². The normalized spacial score (nSPS) is 9.07. The Morgan fingerprint density at radius 2 is 1.73 bits per heavy atom. The van der Waals surface area contributed by atoms with Crippen molar-refractivity contribution in [2.75, 3.05) is 5.73 Å². The Morgan fingerprint density at radius 1 is 1.20 bits per heavy atom. The molecule has 0 aliphatic heterocycles. The van der Waals surface area contributed by atoms with E-state index in [-0.39, 0.29) is 29.6 Å². The number of anilines is 1. The molecule has 1 aromatic rings. The fourth-order valence-corrected chi connectivity index (χ4v) is 0.870. The summed E-state index contributed by atoms with van der Waals surface area (Å²) in [6.45, 7) is 0. The van der Waals surface area contributed by atoms with Crippen LogP contribution in [0.1, 0.15) is 0 Å². The molecule has 9 heteroatoms. The molecule has 0 amide bonds. The van der Waals surface area contributed by atoms with E-state index in [2.05, 4.69) is 0 Å². The third-order valence-electron chi connectivity index (χ3n) is 1.51. The van der Waals surface area contributed by atoms with Gasteiger partial charge < -0.3 is 10.8 Å². The van der Waals surface area contributed by atoms with Gasteiger partial charge in [0, 0.05) is 6.07 Å². The number of nitrogen functional groups attached to an aromatic ring is 1. The number of phenolic OH excluding ortho intramolecular Hbond substituents is 1. The Balaban J connectivity index is 0.00000196. The number of hydrogen-bond acceptors (Lipinski definition) is 6. The molecular formula is C6H6N3NaO5. The number of phenols is 1. The van der Waals surface area contributed by atoms with Gasteiger partial charge in [0.15, 0.2) is 0 Å². The molecular weight excluding hydrogens is 217 g/mol. The predicted molar refractivity (Wildman–Crippen MR) is 53.0 cm³/mol. The predicted octanol–water partition coefficient (Wildman–Crippen LogP) is 0.142. The number of nitrogens with zero attached hydrogens (tertiary/aromatic N) is 2. The number of benzene rings is 1. The maximum atomic E-state index is 10.3. The van der Waals surface area contributed by atoms with Crippen molar-refractivity contribution in [1.82, 2.24) is 0 Å². The molecule has 0 fully saturated rings. The summed E-state index contributed by atoms with van der Waals surface area (Å²) in [7, 11) is 0. The molecule has 0 spiro atoms. The van der Waals surface area contributed by atoms with Gasteiger partial charge in [-0.3, -0.25) is 20.2 Å². The van der Waals surface area contributed by atoms with Gasteiger partial charge in [0.2, 0.25) is 5.75 Å². The molecule has 0 bridgehead atoms. The number of hydrogen-bond donors (Lipinski definition) is 2. The second kappa shape index (κ2) is 4.91. The van der Waals surface area contributed by atoms with Crippen LogP contribution in [0, 0.1) is 20.2 Å². The molecule has 0 aliphatic carbocycles. The van der Waals surface area contributed by atoms with Gasteiger partial charge >= 0.3 is 35.2 Å². The Morgan fingerprint density at radius 3 is 2.13 bits per heavy atom. The summed E-state index contributed by atoms with van der Waals surface area (Å²) in [5.74, 6) is -0.763. The van der Waals surface area contributed by atoms with E-state index in [9.17, 15) is 20.2 Å². The molecule has 0 aromatic heterocycles. The molecule has 76 valence electrons. The monoisotopic (exact) mass is 223 g/mol. The van der Waals surface area contributed by atoms with Gasteiger partial charge in [-0.15, -0.1) is 0 Å². The Kier molecular flexibility index (Phi) is 4.46. The van der Waals surface area contributed by atoms with Crippen molar-refractivity contribution in [1.29, 1.82) is 0 Å². The summed E-state index contributed by atoms with van der Waals surface area (Å²) in [5.41, 5.74) is 3.42. The van der Waals surface area contributed by atoms with Gasteiger partial charge in [-0.25, -0.2) is 0 Å². The topological polar surface area (TPSA) is 133 Å². The molecule has 0 unspecified atom stereocenters. The second-order valence-electron chi connectivity index (χ2n) is 2.42. The summed E-state index contributed by atoms with van der Waals surface area (Å²) in [5, 5.41) is 29.7. The number of non-ortho nitro benzene ring substituents is 1. The molecule has 8 nitrogen and oxygen atoms in total.